The Morgan fingerprint density at radius 2 is 1.71 bits per heavy atom. The molecular formula is C15H13N3O2S. The molecule has 0 aliphatic carbocycles. The van der Waals surface area contributed by atoms with E-state index in [0.29, 0.717) is 22.6 Å². The molecule has 21 heavy (non-hydrogen) atoms. The molecule has 0 bridgehead atoms. The Morgan fingerprint density at radius 1 is 1.00 bits per heavy atom. The number of rotatable bonds is 3. The molecule has 0 fully saturated rings. The van der Waals surface area contributed by atoms with Crippen molar-refractivity contribution < 1.29 is 8.76 Å². The molecule has 1 atom stereocenters. The summed E-state index contributed by atoms with van der Waals surface area (Å²) < 4.78 is 22.8. The molecule has 0 aliphatic rings. The highest BCUT2D eigenvalue weighted by Gasteiger charge is 2.20. The summed E-state index contributed by atoms with van der Waals surface area (Å²) in [6, 6.07) is 16.1. The third-order valence-corrected chi connectivity index (χ3v) is 3.85. The van der Waals surface area contributed by atoms with E-state index in [2.05, 4.69) is 4.98 Å². The van der Waals surface area contributed by atoms with Gasteiger partial charge in [-0.15, -0.1) is 0 Å². The fourth-order valence-corrected chi connectivity index (χ4v) is 2.87. The summed E-state index contributed by atoms with van der Waals surface area (Å²) in [5, 5.41) is 0.889. The molecule has 6 heteroatoms. The maximum absolute atomic E-state index is 11.8. The summed E-state index contributed by atoms with van der Waals surface area (Å²) in [7, 11) is 0. The monoisotopic (exact) mass is 299 g/mol. The van der Waals surface area contributed by atoms with Gasteiger partial charge in [0.2, 0.25) is 0 Å². The molecule has 3 aromatic rings. The lowest BCUT2D eigenvalue weighted by atomic mass is 10.2. The van der Waals surface area contributed by atoms with Gasteiger partial charge >= 0.3 is 0 Å². The largest absolute Gasteiger partial charge is 0.397 e. The summed E-state index contributed by atoms with van der Waals surface area (Å²) in [5.41, 5.74) is 8.00. The second-order valence-electron chi connectivity index (χ2n) is 4.44. The standard InChI is InChI=1S/C15H13N3O2S/c16-12-7-1-2-8-13(12)18(21(19)20)14-9-3-5-11-6-4-10-17-15(11)14/h1-10H,16H2,(H,19,20). The van der Waals surface area contributed by atoms with Crippen LogP contribution in [-0.4, -0.2) is 13.7 Å². The van der Waals surface area contributed by atoms with E-state index < -0.39 is 11.3 Å². The number of para-hydroxylation sites is 3. The molecule has 0 saturated heterocycles. The van der Waals surface area contributed by atoms with Crippen LogP contribution in [0.25, 0.3) is 10.9 Å². The highest BCUT2D eigenvalue weighted by Crippen LogP contribution is 2.34. The fraction of sp³-hybridized carbons (Fsp3) is 0. The Morgan fingerprint density at radius 3 is 2.48 bits per heavy atom. The van der Waals surface area contributed by atoms with E-state index in [1.165, 1.54) is 4.31 Å². The summed E-state index contributed by atoms with van der Waals surface area (Å²) >= 11 is -2.26. The van der Waals surface area contributed by atoms with Gasteiger partial charge < -0.3 is 5.73 Å². The van der Waals surface area contributed by atoms with Crippen LogP contribution in [0.15, 0.2) is 60.8 Å². The summed E-state index contributed by atoms with van der Waals surface area (Å²) in [4.78, 5) is 4.31. The van der Waals surface area contributed by atoms with Gasteiger partial charge in [0.15, 0.2) is 0 Å². The molecular weight excluding hydrogens is 286 g/mol. The van der Waals surface area contributed by atoms with E-state index in [-0.39, 0.29) is 0 Å². The number of hydrogen-bond donors (Lipinski definition) is 2. The first kappa shape index (κ1) is 13.5. The van der Waals surface area contributed by atoms with E-state index in [1.54, 1.807) is 36.5 Å². The highest BCUT2D eigenvalue weighted by molar-refractivity contribution is 7.81. The molecule has 0 amide bonds. The van der Waals surface area contributed by atoms with E-state index in [1.807, 2.05) is 24.3 Å². The maximum atomic E-state index is 11.8. The normalized spacial score (nSPS) is 12.2. The number of anilines is 3. The molecule has 106 valence electrons. The molecule has 0 aliphatic heterocycles. The van der Waals surface area contributed by atoms with Crippen molar-refractivity contribution in [3.8, 4) is 0 Å². The molecule has 1 aromatic heterocycles. The number of pyridine rings is 1. The summed E-state index contributed by atoms with van der Waals surface area (Å²) in [6.45, 7) is 0. The van der Waals surface area contributed by atoms with Crippen LogP contribution in [0.4, 0.5) is 17.1 Å². The molecule has 3 rings (SSSR count). The third-order valence-electron chi connectivity index (χ3n) is 3.14. The topological polar surface area (TPSA) is 79.5 Å². The Bertz CT molecular complexity index is 817. The SMILES string of the molecule is Nc1ccccc1N(c1cccc2cccnc12)S(=O)O. The molecule has 0 saturated carbocycles. The zero-order valence-corrected chi connectivity index (χ0v) is 11.8. The molecule has 1 heterocycles. The first-order valence-corrected chi connectivity index (χ1v) is 7.34. The van der Waals surface area contributed by atoms with Gasteiger partial charge in [0, 0.05) is 11.6 Å². The van der Waals surface area contributed by atoms with Gasteiger partial charge in [-0.1, -0.05) is 30.3 Å². The van der Waals surface area contributed by atoms with Crippen molar-refractivity contribution in [2.75, 3.05) is 10.0 Å². The minimum atomic E-state index is -2.26. The number of aromatic nitrogens is 1. The molecule has 3 N–H and O–H groups in total. The van der Waals surface area contributed by atoms with E-state index >= 15 is 0 Å². The van der Waals surface area contributed by atoms with Crippen molar-refractivity contribution in [1.82, 2.24) is 4.98 Å². The maximum Gasteiger partial charge on any atom is 0.266 e. The van der Waals surface area contributed by atoms with Crippen LogP contribution in [0.2, 0.25) is 0 Å². The Balaban J connectivity index is 2.26. The zero-order chi connectivity index (χ0) is 14.8. The quantitative estimate of drug-likeness (QED) is 0.575. The van der Waals surface area contributed by atoms with Gasteiger partial charge in [-0.2, -0.15) is 0 Å². The van der Waals surface area contributed by atoms with Gasteiger partial charge in [0.05, 0.1) is 22.6 Å². The molecule has 2 aromatic carbocycles. The van der Waals surface area contributed by atoms with Gasteiger partial charge in [-0.25, -0.2) is 8.51 Å². The van der Waals surface area contributed by atoms with Crippen LogP contribution in [-0.2, 0) is 11.3 Å². The smallest absolute Gasteiger partial charge is 0.266 e. The van der Waals surface area contributed by atoms with E-state index in [9.17, 15) is 8.76 Å². The van der Waals surface area contributed by atoms with Crippen molar-refractivity contribution in [1.29, 1.82) is 0 Å². The van der Waals surface area contributed by atoms with Gasteiger partial charge in [0.1, 0.15) is 0 Å². The third kappa shape index (κ3) is 2.46. The predicted molar refractivity (Wildman–Crippen MR) is 85.5 cm³/mol. The lowest BCUT2D eigenvalue weighted by molar-refractivity contribution is 0.564. The molecule has 0 radical (unpaired) electrons. The lowest BCUT2D eigenvalue weighted by Gasteiger charge is -2.22. The first-order chi connectivity index (χ1) is 10.2. The van der Waals surface area contributed by atoms with Crippen molar-refractivity contribution >= 4 is 39.2 Å². The second-order valence-corrected chi connectivity index (χ2v) is 5.26. The average molecular weight is 299 g/mol. The molecule has 0 spiro atoms. The highest BCUT2D eigenvalue weighted by atomic mass is 32.2. The Hall–Kier alpha value is -2.44. The van der Waals surface area contributed by atoms with Crippen LogP contribution in [0.3, 0.4) is 0 Å². The lowest BCUT2D eigenvalue weighted by Crippen LogP contribution is -2.20. The number of hydrogen-bond acceptors (Lipinski definition) is 3. The van der Waals surface area contributed by atoms with Crippen molar-refractivity contribution in [3.05, 3.63) is 60.8 Å². The minimum absolute atomic E-state index is 0.424. The number of fused-ring (bicyclic) bond motifs is 1. The van der Waals surface area contributed by atoms with Crippen LogP contribution >= 0.6 is 0 Å². The fourth-order valence-electron chi connectivity index (χ4n) is 2.22. The number of nitrogens with two attached hydrogens (primary N) is 1. The Kier molecular flexibility index (Phi) is 3.55. The van der Waals surface area contributed by atoms with Crippen LogP contribution in [0.5, 0.6) is 0 Å². The van der Waals surface area contributed by atoms with Crippen LogP contribution in [0, 0.1) is 0 Å². The van der Waals surface area contributed by atoms with Gasteiger partial charge in [-0.05, 0) is 24.3 Å². The van der Waals surface area contributed by atoms with Gasteiger partial charge in [-0.3, -0.25) is 9.54 Å². The van der Waals surface area contributed by atoms with Crippen molar-refractivity contribution in [2.24, 2.45) is 0 Å². The predicted octanol–water partition coefficient (Wildman–Crippen LogP) is 3.09. The van der Waals surface area contributed by atoms with Gasteiger partial charge in [0.25, 0.3) is 11.3 Å². The second kappa shape index (κ2) is 5.51. The first-order valence-electron chi connectivity index (χ1n) is 6.28. The number of nitrogens with zero attached hydrogens (tertiary/aromatic N) is 2. The molecule has 1 unspecified atom stereocenters. The summed E-state index contributed by atoms with van der Waals surface area (Å²) in [6.07, 6.45) is 1.65. The number of nitrogen functional groups attached to an aromatic ring is 1. The Labute approximate surface area is 124 Å². The van der Waals surface area contributed by atoms with Crippen molar-refractivity contribution in [3.63, 3.8) is 0 Å². The summed E-state index contributed by atoms with van der Waals surface area (Å²) in [5.74, 6) is 0. The average Bonchev–Trinajstić information content (AvgIpc) is 2.49. The minimum Gasteiger partial charge on any atom is -0.397 e. The molecule has 5 nitrogen and oxygen atoms in total. The van der Waals surface area contributed by atoms with Crippen LogP contribution in [0.1, 0.15) is 0 Å². The van der Waals surface area contributed by atoms with E-state index in [4.69, 9.17) is 5.73 Å². The zero-order valence-electron chi connectivity index (χ0n) is 11.0. The van der Waals surface area contributed by atoms with Crippen LogP contribution < -0.4 is 10.0 Å². The van der Waals surface area contributed by atoms with Crippen molar-refractivity contribution in [2.45, 2.75) is 0 Å². The number of benzene rings is 2. The van der Waals surface area contributed by atoms with E-state index in [0.717, 1.165) is 5.39 Å².